The van der Waals surface area contributed by atoms with Crippen molar-refractivity contribution in [2.24, 2.45) is 11.7 Å². The molecule has 1 aromatic rings. The van der Waals surface area contributed by atoms with Crippen LogP contribution in [-0.4, -0.2) is 32.3 Å². The summed E-state index contributed by atoms with van der Waals surface area (Å²) in [6.45, 7) is 5.70. The number of carbonyl (C=O) groups excluding carboxylic acids is 1. The quantitative estimate of drug-likeness (QED) is 0.685. The van der Waals surface area contributed by atoms with Gasteiger partial charge in [-0.1, -0.05) is 26.0 Å². The van der Waals surface area contributed by atoms with Gasteiger partial charge in [-0.15, -0.1) is 0 Å². The van der Waals surface area contributed by atoms with Crippen LogP contribution in [0.25, 0.3) is 0 Å². The topological polar surface area (TPSA) is 73.6 Å². The van der Waals surface area contributed by atoms with E-state index < -0.39 is 6.04 Å². The number of hydrogen-bond acceptors (Lipinski definition) is 4. The number of benzene rings is 1. The van der Waals surface area contributed by atoms with Gasteiger partial charge in [0, 0.05) is 12.8 Å². The van der Waals surface area contributed by atoms with Crippen LogP contribution in [0, 0.1) is 5.92 Å². The van der Waals surface area contributed by atoms with Gasteiger partial charge in [0.15, 0.2) is 0 Å². The van der Waals surface area contributed by atoms with Gasteiger partial charge in [0.25, 0.3) is 0 Å². The molecule has 0 aromatic heterocycles. The number of anilines is 1. The maximum absolute atomic E-state index is 12.0. The van der Waals surface area contributed by atoms with Crippen LogP contribution in [0.3, 0.4) is 0 Å². The summed E-state index contributed by atoms with van der Waals surface area (Å²) in [6.07, 6.45) is 0.672. The molecule has 1 aromatic carbocycles. The molecule has 0 aliphatic heterocycles. The lowest BCUT2D eigenvalue weighted by Crippen LogP contribution is -2.36. The standard InChI is InChI=1S/C16H26N2O3/c1-12(2)9-15(17)16(19)18-14-6-4-5-13(10-14)11-21-8-7-20-3/h4-6,10,12,15H,7-9,11,17H2,1-3H3,(H,18,19). The number of hydrogen-bond donors (Lipinski definition) is 2. The first-order valence-electron chi connectivity index (χ1n) is 7.25. The van der Waals surface area contributed by atoms with Crippen molar-refractivity contribution in [1.82, 2.24) is 0 Å². The van der Waals surface area contributed by atoms with E-state index in [1.54, 1.807) is 7.11 Å². The first-order chi connectivity index (χ1) is 10.0. The van der Waals surface area contributed by atoms with Crippen molar-refractivity contribution in [3.05, 3.63) is 29.8 Å². The molecule has 5 heteroatoms. The minimum Gasteiger partial charge on any atom is -0.382 e. The number of methoxy groups -OCH3 is 1. The number of carbonyl (C=O) groups is 1. The third kappa shape index (κ3) is 7.22. The molecule has 0 fully saturated rings. The van der Waals surface area contributed by atoms with Gasteiger partial charge >= 0.3 is 0 Å². The summed E-state index contributed by atoms with van der Waals surface area (Å²) < 4.78 is 10.4. The van der Waals surface area contributed by atoms with Gasteiger partial charge in [-0.2, -0.15) is 0 Å². The van der Waals surface area contributed by atoms with E-state index in [0.29, 0.717) is 32.2 Å². The molecule has 1 unspecified atom stereocenters. The van der Waals surface area contributed by atoms with Crippen LogP contribution in [0.15, 0.2) is 24.3 Å². The molecule has 118 valence electrons. The van der Waals surface area contributed by atoms with E-state index in [-0.39, 0.29) is 5.91 Å². The summed E-state index contributed by atoms with van der Waals surface area (Å²) in [7, 11) is 1.64. The Labute approximate surface area is 126 Å². The maximum Gasteiger partial charge on any atom is 0.241 e. The van der Waals surface area contributed by atoms with Crippen molar-refractivity contribution in [1.29, 1.82) is 0 Å². The largest absolute Gasteiger partial charge is 0.382 e. The Morgan fingerprint density at radius 3 is 2.76 bits per heavy atom. The summed E-state index contributed by atoms with van der Waals surface area (Å²) in [5.41, 5.74) is 7.61. The highest BCUT2D eigenvalue weighted by Crippen LogP contribution is 2.13. The van der Waals surface area contributed by atoms with Crippen LogP contribution in [0.2, 0.25) is 0 Å². The van der Waals surface area contributed by atoms with Crippen LogP contribution in [0.4, 0.5) is 5.69 Å². The molecule has 0 radical (unpaired) electrons. The molecule has 1 rings (SSSR count). The number of ether oxygens (including phenoxy) is 2. The molecule has 0 heterocycles. The van der Waals surface area contributed by atoms with Crippen molar-refractivity contribution < 1.29 is 14.3 Å². The second-order valence-electron chi connectivity index (χ2n) is 5.47. The molecule has 0 spiro atoms. The molecule has 0 saturated carbocycles. The Hall–Kier alpha value is -1.43. The van der Waals surface area contributed by atoms with Gasteiger partial charge in [-0.05, 0) is 30.0 Å². The minimum atomic E-state index is -0.480. The highest BCUT2D eigenvalue weighted by molar-refractivity contribution is 5.94. The summed E-state index contributed by atoms with van der Waals surface area (Å²) >= 11 is 0. The zero-order valence-electron chi connectivity index (χ0n) is 13.1. The monoisotopic (exact) mass is 294 g/mol. The minimum absolute atomic E-state index is 0.152. The number of nitrogens with one attached hydrogen (secondary N) is 1. The Bertz CT molecular complexity index is 435. The predicted octanol–water partition coefficient (Wildman–Crippen LogP) is 2.16. The molecular weight excluding hydrogens is 268 g/mol. The van der Waals surface area contributed by atoms with Gasteiger partial charge in [-0.25, -0.2) is 0 Å². The van der Waals surface area contributed by atoms with E-state index >= 15 is 0 Å². The number of rotatable bonds is 9. The third-order valence-corrected chi connectivity index (χ3v) is 2.96. The van der Waals surface area contributed by atoms with Crippen molar-refractivity contribution >= 4 is 11.6 Å². The lowest BCUT2D eigenvalue weighted by Gasteiger charge is -2.14. The van der Waals surface area contributed by atoms with Crippen molar-refractivity contribution in [3.63, 3.8) is 0 Å². The second kappa shape index (κ2) is 9.50. The molecule has 0 aliphatic carbocycles. The Kier molecular flexibility index (Phi) is 7.97. The first-order valence-corrected chi connectivity index (χ1v) is 7.25. The number of nitrogens with two attached hydrogens (primary N) is 1. The average molecular weight is 294 g/mol. The zero-order chi connectivity index (χ0) is 15.7. The van der Waals surface area contributed by atoms with Gasteiger partial charge in [0.1, 0.15) is 0 Å². The van der Waals surface area contributed by atoms with E-state index in [2.05, 4.69) is 5.32 Å². The van der Waals surface area contributed by atoms with Crippen LogP contribution >= 0.6 is 0 Å². The third-order valence-electron chi connectivity index (χ3n) is 2.96. The maximum atomic E-state index is 12.0. The second-order valence-corrected chi connectivity index (χ2v) is 5.47. The van der Waals surface area contributed by atoms with Gasteiger partial charge in [-0.3, -0.25) is 4.79 Å². The van der Waals surface area contributed by atoms with E-state index in [9.17, 15) is 4.79 Å². The molecule has 3 N–H and O–H groups in total. The lowest BCUT2D eigenvalue weighted by molar-refractivity contribution is -0.117. The highest BCUT2D eigenvalue weighted by atomic mass is 16.5. The van der Waals surface area contributed by atoms with E-state index in [0.717, 1.165) is 11.3 Å². The molecule has 5 nitrogen and oxygen atoms in total. The molecule has 21 heavy (non-hydrogen) atoms. The van der Waals surface area contributed by atoms with E-state index in [1.807, 2.05) is 38.1 Å². The number of amides is 1. The Morgan fingerprint density at radius 2 is 2.10 bits per heavy atom. The van der Waals surface area contributed by atoms with E-state index in [1.165, 1.54) is 0 Å². The predicted molar refractivity (Wildman–Crippen MR) is 84.0 cm³/mol. The van der Waals surface area contributed by atoms with Gasteiger partial charge < -0.3 is 20.5 Å². The fraction of sp³-hybridized carbons (Fsp3) is 0.562. The average Bonchev–Trinajstić information content (AvgIpc) is 2.43. The molecule has 0 aliphatic rings. The molecular formula is C16H26N2O3. The normalized spacial score (nSPS) is 12.4. The van der Waals surface area contributed by atoms with Crippen molar-refractivity contribution in [2.75, 3.05) is 25.6 Å². The van der Waals surface area contributed by atoms with Crippen molar-refractivity contribution in [3.8, 4) is 0 Å². The van der Waals surface area contributed by atoms with Crippen LogP contribution in [-0.2, 0) is 20.9 Å². The van der Waals surface area contributed by atoms with Crippen LogP contribution < -0.4 is 11.1 Å². The van der Waals surface area contributed by atoms with Crippen molar-refractivity contribution in [2.45, 2.75) is 32.9 Å². The Morgan fingerprint density at radius 1 is 1.33 bits per heavy atom. The molecule has 1 amide bonds. The summed E-state index contributed by atoms with van der Waals surface area (Å²) in [5.74, 6) is 0.243. The molecule has 0 bridgehead atoms. The highest BCUT2D eigenvalue weighted by Gasteiger charge is 2.15. The summed E-state index contributed by atoms with van der Waals surface area (Å²) in [4.78, 5) is 12.0. The summed E-state index contributed by atoms with van der Waals surface area (Å²) in [5, 5.41) is 2.84. The fourth-order valence-electron chi connectivity index (χ4n) is 1.92. The molecule has 0 saturated heterocycles. The SMILES string of the molecule is COCCOCc1cccc(NC(=O)C(N)CC(C)C)c1. The fourth-order valence-corrected chi connectivity index (χ4v) is 1.92. The summed E-state index contributed by atoms with van der Waals surface area (Å²) in [6, 6.07) is 7.10. The first kappa shape index (κ1) is 17.6. The van der Waals surface area contributed by atoms with E-state index in [4.69, 9.17) is 15.2 Å². The Balaban J connectivity index is 2.50. The molecule has 1 atom stereocenters. The van der Waals surface area contributed by atoms with Crippen LogP contribution in [0.1, 0.15) is 25.8 Å². The lowest BCUT2D eigenvalue weighted by atomic mass is 10.0. The smallest absolute Gasteiger partial charge is 0.241 e. The van der Waals surface area contributed by atoms with Gasteiger partial charge in [0.05, 0.1) is 25.9 Å². The van der Waals surface area contributed by atoms with Gasteiger partial charge in [0.2, 0.25) is 5.91 Å². The zero-order valence-corrected chi connectivity index (χ0v) is 13.1. The van der Waals surface area contributed by atoms with Crippen LogP contribution in [0.5, 0.6) is 0 Å².